The fraction of sp³-hybridized carbons (Fsp3) is 0.455. The number of amides is 1. The summed E-state index contributed by atoms with van der Waals surface area (Å²) in [7, 11) is 0. The Hall–Kier alpha value is -1.38. The van der Waals surface area contributed by atoms with Gasteiger partial charge in [0, 0.05) is 24.9 Å². The quantitative estimate of drug-likeness (QED) is 0.769. The first-order valence-corrected chi connectivity index (χ1v) is 4.99. The van der Waals surface area contributed by atoms with Gasteiger partial charge in [-0.15, -0.1) is 0 Å². The van der Waals surface area contributed by atoms with Gasteiger partial charge in [-0.25, -0.2) is 0 Å². The molecule has 0 aliphatic rings. The molecule has 3 heteroatoms. The summed E-state index contributed by atoms with van der Waals surface area (Å²) in [6, 6.07) is 5.75. The number of nitrogens with one attached hydrogen (secondary N) is 1. The number of carbonyl (C=O) groups excluding carboxylic acids is 1. The van der Waals surface area contributed by atoms with E-state index in [1.807, 2.05) is 25.1 Å². The van der Waals surface area contributed by atoms with Crippen LogP contribution in [0.1, 0.15) is 25.5 Å². The molecule has 1 N–H and O–H groups in total. The third kappa shape index (κ3) is 4.03. The number of hydrogen-bond donors (Lipinski definition) is 1. The minimum absolute atomic E-state index is 0.109. The third-order valence-corrected chi connectivity index (χ3v) is 1.91. The van der Waals surface area contributed by atoms with Gasteiger partial charge in [-0.05, 0) is 25.0 Å². The number of nitrogens with zero attached hydrogens (tertiary/aromatic N) is 1. The summed E-state index contributed by atoms with van der Waals surface area (Å²) in [5.74, 6) is 0.109. The molecule has 0 radical (unpaired) electrons. The summed E-state index contributed by atoms with van der Waals surface area (Å²) in [4.78, 5) is 15.4. The molecule has 1 heterocycles. The maximum atomic E-state index is 11.2. The molecule has 0 unspecified atom stereocenters. The fourth-order valence-corrected chi connectivity index (χ4v) is 1.14. The second kappa shape index (κ2) is 6.13. The molecule has 1 amide bonds. The van der Waals surface area contributed by atoms with Gasteiger partial charge in [-0.1, -0.05) is 13.0 Å². The molecule has 3 nitrogen and oxygen atoms in total. The molecule has 0 bridgehead atoms. The normalized spacial score (nSPS) is 9.79. The minimum atomic E-state index is 0.109. The van der Waals surface area contributed by atoms with Gasteiger partial charge < -0.3 is 5.32 Å². The summed E-state index contributed by atoms with van der Waals surface area (Å²) in [5, 5.41) is 2.84. The average molecular weight is 192 g/mol. The van der Waals surface area contributed by atoms with E-state index in [1.165, 1.54) is 0 Å². The highest BCUT2D eigenvalue weighted by atomic mass is 16.1. The first-order chi connectivity index (χ1) is 6.83. The van der Waals surface area contributed by atoms with Gasteiger partial charge in [0.05, 0.1) is 0 Å². The van der Waals surface area contributed by atoms with E-state index in [9.17, 15) is 4.79 Å². The molecule has 14 heavy (non-hydrogen) atoms. The van der Waals surface area contributed by atoms with Crippen LogP contribution in [0.4, 0.5) is 0 Å². The zero-order chi connectivity index (χ0) is 10.2. The molecule has 1 aromatic heterocycles. The van der Waals surface area contributed by atoms with Gasteiger partial charge in [-0.3, -0.25) is 9.78 Å². The predicted octanol–water partition coefficient (Wildman–Crippen LogP) is 1.54. The standard InChI is InChI=1S/C11H16N2O/c1-2-8-13-11(14)7-6-10-5-3-4-9-12-10/h3-5,9H,2,6-8H2,1H3,(H,13,14). The van der Waals surface area contributed by atoms with Gasteiger partial charge in [0.15, 0.2) is 0 Å². The zero-order valence-corrected chi connectivity index (χ0v) is 8.49. The fourth-order valence-electron chi connectivity index (χ4n) is 1.14. The Kier molecular flexibility index (Phi) is 4.69. The molecule has 0 spiro atoms. The number of rotatable bonds is 5. The Balaban J connectivity index is 2.24. The van der Waals surface area contributed by atoms with Crippen LogP contribution in [0, 0.1) is 0 Å². The second-order valence-corrected chi connectivity index (χ2v) is 3.17. The van der Waals surface area contributed by atoms with Crippen LogP contribution < -0.4 is 5.32 Å². The van der Waals surface area contributed by atoms with Crippen LogP contribution >= 0.6 is 0 Å². The number of pyridine rings is 1. The van der Waals surface area contributed by atoms with Crippen molar-refractivity contribution in [2.24, 2.45) is 0 Å². The number of carbonyl (C=O) groups is 1. The molecule has 0 atom stereocenters. The smallest absolute Gasteiger partial charge is 0.220 e. The van der Waals surface area contributed by atoms with E-state index in [0.717, 1.165) is 25.1 Å². The van der Waals surface area contributed by atoms with Gasteiger partial charge in [0.2, 0.25) is 5.91 Å². The average Bonchev–Trinajstić information content (AvgIpc) is 2.25. The molecule has 0 fully saturated rings. The third-order valence-electron chi connectivity index (χ3n) is 1.91. The molecule has 0 aromatic carbocycles. The van der Waals surface area contributed by atoms with Gasteiger partial charge in [0.25, 0.3) is 0 Å². The summed E-state index contributed by atoms with van der Waals surface area (Å²) in [5.41, 5.74) is 0.971. The van der Waals surface area contributed by atoms with Crippen molar-refractivity contribution in [2.75, 3.05) is 6.54 Å². The van der Waals surface area contributed by atoms with Crippen LogP contribution in [-0.4, -0.2) is 17.4 Å². The Bertz CT molecular complexity index is 272. The molecule has 0 aliphatic carbocycles. The molecule has 76 valence electrons. The number of aromatic nitrogens is 1. The van der Waals surface area contributed by atoms with Gasteiger partial charge >= 0.3 is 0 Å². The second-order valence-electron chi connectivity index (χ2n) is 3.17. The van der Waals surface area contributed by atoms with Crippen molar-refractivity contribution in [1.82, 2.24) is 10.3 Å². The van der Waals surface area contributed by atoms with Crippen molar-refractivity contribution in [3.8, 4) is 0 Å². The van der Waals surface area contributed by atoms with Gasteiger partial charge in [0.1, 0.15) is 0 Å². The van der Waals surface area contributed by atoms with E-state index in [-0.39, 0.29) is 5.91 Å². The molecule has 1 aromatic rings. The van der Waals surface area contributed by atoms with Crippen molar-refractivity contribution < 1.29 is 4.79 Å². The first-order valence-electron chi connectivity index (χ1n) is 4.99. The van der Waals surface area contributed by atoms with Crippen molar-refractivity contribution in [3.63, 3.8) is 0 Å². The van der Waals surface area contributed by atoms with E-state index < -0.39 is 0 Å². The summed E-state index contributed by atoms with van der Waals surface area (Å²) >= 11 is 0. The Morgan fingerprint density at radius 3 is 3.00 bits per heavy atom. The Morgan fingerprint density at radius 2 is 2.36 bits per heavy atom. The number of hydrogen-bond acceptors (Lipinski definition) is 2. The monoisotopic (exact) mass is 192 g/mol. The van der Waals surface area contributed by atoms with E-state index in [4.69, 9.17) is 0 Å². The van der Waals surface area contributed by atoms with E-state index in [1.54, 1.807) is 6.20 Å². The molecular formula is C11H16N2O. The molecule has 1 rings (SSSR count). The Morgan fingerprint density at radius 1 is 1.50 bits per heavy atom. The summed E-state index contributed by atoms with van der Waals surface area (Å²) in [6.07, 6.45) is 3.97. The molecule has 0 aliphatic heterocycles. The van der Waals surface area contributed by atoms with Crippen LogP contribution in [0.2, 0.25) is 0 Å². The van der Waals surface area contributed by atoms with Crippen LogP contribution in [0.15, 0.2) is 24.4 Å². The molecule has 0 saturated carbocycles. The largest absolute Gasteiger partial charge is 0.356 e. The SMILES string of the molecule is CCCNC(=O)CCc1ccccn1. The lowest BCUT2D eigenvalue weighted by Crippen LogP contribution is -2.24. The van der Waals surface area contributed by atoms with Crippen LogP contribution in [0.25, 0.3) is 0 Å². The van der Waals surface area contributed by atoms with Crippen molar-refractivity contribution in [2.45, 2.75) is 26.2 Å². The highest BCUT2D eigenvalue weighted by molar-refractivity contribution is 5.76. The summed E-state index contributed by atoms with van der Waals surface area (Å²) in [6.45, 7) is 2.81. The van der Waals surface area contributed by atoms with Crippen molar-refractivity contribution in [1.29, 1.82) is 0 Å². The lowest BCUT2D eigenvalue weighted by molar-refractivity contribution is -0.121. The first kappa shape index (κ1) is 10.7. The van der Waals surface area contributed by atoms with Crippen LogP contribution in [0.3, 0.4) is 0 Å². The minimum Gasteiger partial charge on any atom is -0.356 e. The van der Waals surface area contributed by atoms with Crippen LogP contribution in [0.5, 0.6) is 0 Å². The molecular weight excluding hydrogens is 176 g/mol. The highest BCUT2D eigenvalue weighted by Crippen LogP contribution is 1.97. The van der Waals surface area contributed by atoms with E-state index in [2.05, 4.69) is 10.3 Å². The lowest BCUT2D eigenvalue weighted by Gasteiger charge is -2.02. The van der Waals surface area contributed by atoms with Crippen molar-refractivity contribution in [3.05, 3.63) is 30.1 Å². The van der Waals surface area contributed by atoms with Crippen LogP contribution in [-0.2, 0) is 11.2 Å². The number of aryl methyl sites for hydroxylation is 1. The highest BCUT2D eigenvalue weighted by Gasteiger charge is 2.00. The maximum Gasteiger partial charge on any atom is 0.220 e. The van der Waals surface area contributed by atoms with Crippen molar-refractivity contribution >= 4 is 5.91 Å². The van der Waals surface area contributed by atoms with E-state index >= 15 is 0 Å². The Labute approximate surface area is 84.6 Å². The zero-order valence-electron chi connectivity index (χ0n) is 8.49. The van der Waals surface area contributed by atoms with Gasteiger partial charge in [-0.2, -0.15) is 0 Å². The lowest BCUT2D eigenvalue weighted by atomic mass is 10.2. The summed E-state index contributed by atoms with van der Waals surface area (Å²) < 4.78 is 0. The molecule has 0 saturated heterocycles. The topological polar surface area (TPSA) is 42.0 Å². The van der Waals surface area contributed by atoms with E-state index in [0.29, 0.717) is 6.42 Å². The predicted molar refractivity (Wildman–Crippen MR) is 55.9 cm³/mol. The maximum absolute atomic E-state index is 11.2.